The third-order valence-corrected chi connectivity index (χ3v) is 12.3. The molecule has 3 rings (SSSR count). The quantitative estimate of drug-likeness (QED) is 0.184. The van der Waals surface area contributed by atoms with E-state index in [1.54, 1.807) is 21.3 Å². The van der Waals surface area contributed by atoms with Gasteiger partial charge in [-0.15, -0.1) is 0 Å². The van der Waals surface area contributed by atoms with Crippen LogP contribution in [0.3, 0.4) is 0 Å². The van der Waals surface area contributed by atoms with Gasteiger partial charge in [-0.3, -0.25) is 0 Å². The van der Waals surface area contributed by atoms with E-state index < -0.39 is 8.32 Å². The summed E-state index contributed by atoms with van der Waals surface area (Å²) in [5.41, 5.74) is 4.37. The molecule has 0 aromatic heterocycles. The predicted molar refractivity (Wildman–Crippen MR) is 167 cm³/mol. The van der Waals surface area contributed by atoms with Crippen molar-refractivity contribution >= 4 is 13.9 Å². The molecule has 0 radical (unpaired) electrons. The highest BCUT2D eigenvalue weighted by Gasteiger charge is 2.37. The molecule has 0 aliphatic heterocycles. The van der Waals surface area contributed by atoms with Crippen molar-refractivity contribution in [2.75, 3.05) is 27.9 Å². The topological polar surface area (TPSA) is 46.2 Å². The van der Waals surface area contributed by atoms with Crippen LogP contribution < -0.4 is 18.9 Å². The Bertz CT molecular complexity index is 1250. The standard InChI is InChI=1S/C34H46O5Si/c1-25(29-16-18-30(35-5)33(22-29)37-7)19-28(24-39-40(8,9)34(2,3)4)20-27-15-17-31(32(21-27)36-6)38-23-26-13-11-10-12-14-26/h10-18,21-22,28H,1,19-20,23-24H2,2-9H3/t28-/m0/s1. The summed E-state index contributed by atoms with van der Waals surface area (Å²) in [5, 5.41) is 0.138. The van der Waals surface area contributed by atoms with Crippen molar-refractivity contribution in [2.45, 2.75) is 58.4 Å². The molecule has 0 spiro atoms. The van der Waals surface area contributed by atoms with E-state index >= 15 is 0 Å². The maximum Gasteiger partial charge on any atom is 0.191 e. The van der Waals surface area contributed by atoms with Gasteiger partial charge in [-0.05, 0) is 83.4 Å². The van der Waals surface area contributed by atoms with Crippen LogP contribution in [0.1, 0.15) is 43.9 Å². The van der Waals surface area contributed by atoms with Gasteiger partial charge < -0.3 is 23.4 Å². The van der Waals surface area contributed by atoms with Crippen molar-refractivity contribution in [2.24, 2.45) is 5.92 Å². The molecule has 0 fully saturated rings. The minimum Gasteiger partial charge on any atom is -0.493 e. The van der Waals surface area contributed by atoms with Crippen molar-refractivity contribution < 1.29 is 23.4 Å². The van der Waals surface area contributed by atoms with Gasteiger partial charge >= 0.3 is 0 Å². The van der Waals surface area contributed by atoms with Crippen LogP contribution in [0, 0.1) is 5.92 Å². The number of hydrogen-bond acceptors (Lipinski definition) is 5. The van der Waals surface area contributed by atoms with Gasteiger partial charge in [-0.1, -0.05) is 69.8 Å². The normalized spacial score (nSPS) is 12.5. The molecule has 0 amide bonds. The highest BCUT2D eigenvalue weighted by molar-refractivity contribution is 6.74. The zero-order chi connectivity index (χ0) is 29.3. The van der Waals surface area contributed by atoms with Gasteiger partial charge in [0.05, 0.1) is 21.3 Å². The summed E-state index contributed by atoms with van der Waals surface area (Å²) in [6.07, 6.45) is 1.62. The zero-order valence-corrected chi connectivity index (χ0v) is 26.5. The van der Waals surface area contributed by atoms with Crippen LogP contribution in [0.25, 0.3) is 5.57 Å². The zero-order valence-electron chi connectivity index (χ0n) is 25.5. The lowest BCUT2D eigenvalue weighted by molar-refractivity contribution is 0.229. The molecule has 1 atom stereocenters. The Hall–Kier alpha value is -3.22. The third-order valence-electron chi connectivity index (χ3n) is 7.80. The van der Waals surface area contributed by atoms with E-state index in [-0.39, 0.29) is 11.0 Å². The van der Waals surface area contributed by atoms with Gasteiger partial charge in [0.2, 0.25) is 0 Å². The number of methoxy groups -OCH3 is 3. The second kappa shape index (κ2) is 13.9. The Kier molecular flexibility index (Phi) is 10.9. The molecule has 3 aromatic rings. The fourth-order valence-corrected chi connectivity index (χ4v) is 5.37. The Morgan fingerprint density at radius 1 is 0.775 bits per heavy atom. The molecule has 0 saturated heterocycles. The minimum absolute atomic E-state index is 0.138. The molecular formula is C34H46O5Si. The Morgan fingerprint density at radius 3 is 2.02 bits per heavy atom. The molecule has 0 unspecified atom stereocenters. The maximum absolute atomic E-state index is 6.71. The summed E-state index contributed by atoms with van der Waals surface area (Å²) in [6.45, 7) is 17.0. The number of rotatable bonds is 14. The van der Waals surface area contributed by atoms with E-state index in [9.17, 15) is 0 Å². The second-order valence-electron chi connectivity index (χ2n) is 11.8. The first-order valence-electron chi connectivity index (χ1n) is 13.8. The molecular weight excluding hydrogens is 516 g/mol. The van der Waals surface area contributed by atoms with Crippen LogP contribution in [0.15, 0.2) is 73.3 Å². The van der Waals surface area contributed by atoms with E-state index in [2.05, 4.69) is 64.7 Å². The molecule has 40 heavy (non-hydrogen) atoms. The summed E-state index contributed by atoms with van der Waals surface area (Å²) in [4.78, 5) is 0. The Labute approximate surface area is 242 Å². The molecule has 3 aromatic carbocycles. The molecule has 0 aliphatic rings. The number of benzene rings is 3. The van der Waals surface area contributed by atoms with Gasteiger partial charge in [0.1, 0.15) is 6.61 Å². The lowest BCUT2D eigenvalue weighted by Gasteiger charge is -2.37. The lowest BCUT2D eigenvalue weighted by atomic mass is 9.90. The molecule has 0 heterocycles. The fourth-order valence-electron chi connectivity index (χ4n) is 4.28. The first kappa shape index (κ1) is 31.3. The maximum atomic E-state index is 6.71. The minimum atomic E-state index is -1.92. The highest BCUT2D eigenvalue weighted by atomic mass is 28.4. The second-order valence-corrected chi connectivity index (χ2v) is 16.6. The smallest absolute Gasteiger partial charge is 0.191 e. The Morgan fingerprint density at radius 2 is 1.40 bits per heavy atom. The number of hydrogen-bond donors (Lipinski definition) is 0. The first-order chi connectivity index (χ1) is 19.0. The van der Waals surface area contributed by atoms with Gasteiger partial charge in [0.15, 0.2) is 31.3 Å². The van der Waals surface area contributed by atoms with E-state index in [0.29, 0.717) is 24.7 Å². The van der Waals surface area contributed by atoms with Crippen LogP contribution in [0.2, 0.25) is 18.1 Å². The summed E-state index contributed by atoms with van der Waals surface area (Å²) in [6, 6.07) is 22.3. The van der Waals surface area contributed by atoms with Gasteiger partial charge in [0.25, 0.3) is 0 Å². The van der Waals surface area contributed by atoms with E-state index in [1.807, 2.05) is 42.5 Å². The summed E-state index contributed by atoms with van der Waals surface area (Å²) >= 11 is 0. The van der Waals surface area contributed by atoms with Crippen LogP contribution in [-0.4, -0.2) is 36.3 Å². The largest absolute Gasteiger partial charge is 0.493 e. The van der Waals surface area contributed by atoms with Crippen molar-refractivity contribution in [1.82, 2.24) is 0 Å². The van der Waals surface area contributed by atoms with E-state index in [4.69, 9.17) is 23.4 Å². The molecule has 0 aliphatic carbocycles. The van der Waals surface area contributed by atoms with Crippen LogP contribution in [0.4, 0.5) is 0 Å². The molecule has 0 bridgehead atoms. The van der Waals surface area contributed by atoms with Crippen molar-refractivity contribution in [3.05, 3.63) is 90.0 Å². The summed E-state index contributed by atoms with van der Waals surface area (Å²) in [7, 11) is 3.06. The molecule has 6 heteroatoms. The lowest BCUT2D eigenvalue weighted by Crippen LogP contribution is -2.42. The number of ether oxygens (including phenoxy) is 4. The molecule has 5 nitrogen and oxygen atoms in total. The van der Waals surface area contributed by atoms with Gasteiger partial charge in [-0.2, -0.15) is 0 Å². The van der Waals surface area contributed by atoms with E-state index in [0.717, 1.165) is 41.0 Å². The molecule has 0 N–H and O–H groups in total. The first-order valence-corrected chi connectivity index (χ1v) is 16.8. The summed E-state index contributed by atoms with van der Waals surface area (Å²) < 4.78 is 29.5. The molecule has 0 saturated carbocycles. The van der Waals surface area contributed by atoms with Crippen LogP contribution in [0.5, 0.6) is 23.0 Å². The SMILES string of the molecule is C=C(C[C@H](CO[Si](C)(C)C(C)(C)C)Cc1ccc(OCc2ccccc2)c(OC)c1)c1ccc(OC)c(OC)c1. The number of allylic oxidation sites excluding steroid dienone is 1. The van der Waals surface area contributed by atoms with Gasteiger partial charge in [0, 0.05) is 6.61 Å². The van der Waals surface area contributed by atoms with E-state index in [1.165, 1.54) is 5.56 Å². The fraction of sp³-hybridized carbons (Fsp3) is 0.412. The summed E-state index contributed by atoms with van der Waals surface area (Å²) in [5.74, 6) is 3.11. The third kappa shape index (κ3) is 8.39. The monoisotopic (exact) mass is 562 g/mol. The van der Waals surface area contributed by atoms with Gasteiger partial charge in [-0.25, -0.2) is 0 Å². The van der Waals surface area contributed by atoms with Crippen molar-refractivity contribution in [1.29, 1.82) is 0 Å². The van der Waals surface area contributed by atoms with Crippen LogP contribution in [-0.2, 0) is 17.5 Å². The highest BCUT2D eigenvalue weighted by Crippen LogP contribution is 2.38. The predicted octanol–water partition coefficient (Wildman–Crippen LogP) is 8.58. The van der Waals surface area contributed by atoms with Crippen molar-refractivity contribution in [3.63, 3.8) is 0 Å². The average molecular weight is 563 g/mol. The van der Waals surface area contributed by atoms with Crippen LogP contribution >= 0.6 is 0 Å². The Balaban J connectivity index is 1.80. The molecule has 216 valence electrons. The van der Waals surface area contributed by atoms with Crippen molar-refractivity contribution in [3.8, 4) is 23.0 Å². The average Bonchev–Trinajstić information content (AvgIpc) is 2.94.